The SMILES string of the molecule is CCNC(=NCc1ccnc2ccccc12)NCC(C)c1cccs1. The van der Waals surface area contributed by atoms with Gasteiger partial charge in [0.2, 0.25) is 0 Å². The molecule has 0 aliphatic rings. The Labute approximate surface area is 153 Å². The van der Waals surface area contributed by atoms with E-state index in [1.165, 1.54) is 10.4 Å². The summed E-state index contributed by atoms with van der Waals surface area (Å²) in [6.07, 6.45) is 1.85. The van der Waals surface area contributed by atoms with Gasteiger partial charge in [-0.1, -0.05) is 31.2 Å². The normalized spacial score (nSPS) is 13.0. The fourth-order valence-corrected chi connectivity index (χ4v) is 3.51. The molecule has 0 fully saturated rings. The van der Waals surface area contributed by atoms with Crippen LogP contribution < -0.4 is 10.6 Å². The van der Waals surface area contributed by atoms with Crippen molar-refractivity contribution in [2.24, 2.45) is 4.99 Å². The van der Waals surface area contributed by atoms with Crippen molar-refractivity contribution in [2.75, 3.05) is 13.1 Å². The summed E-state index contributed by atoms with van der Waals surface area (Å²) in [4.78, 5) is 10.6. The largest absolute Gasteiger partial charge is 0.357 e. The summed E-state index contributed by atoms with van der Waals surface area (Å²) < 4.78 is 0. The van der Waals surface area contributed by atoms with Crippen LogP contribution in [0.3, 0.4) is 0 Å². The fourth-order valence-electron chi connectivity index (χ4n) is 2.72. The van der Waals surface area contributed by atoms with Gasteiger partial charge < -0.3 is 10.6 Å². The lowest BCUT2D eigenvalue weighted by molar-refractivity contribution is 0.709. The average Bonchev–Trinajstić information content (AvgIpc) is 3.18. The van der Waals surface area contributed by atoms with Crippen molar-refractivity contribution in [2.45, 2.75) is 26.3 Å². The molecule has 1 aromatic carbocycles. The Morgan fingerprint density at radius 3 is 2.84 bits per heavy atom. The van der Waals surface area contributed by atoms with E-state index in [1.54, 1.807) is 11.3 Å². The molecule has 0 saturated heterocycles. The van der Waals surface area contributed by atoms with Crippen LogP contribution in [0.5, 0.6) is 0 Å². The molecule has 1 atom stereocenters. The summed E-state index contributed by atoms with van der Waals surface area (Å²) in [5, 5.41) is 10.1. The summed E-state index contributed by atoms with van der Waals surface area (Å²) in [7, 11) is 0. The standard InChI is InChI=1S/C20H24N4S/c1-3-21-20(23-13-15(2)19-9-6-12-25-19)24-14-16-10-11-22-18-8-5-4-7-17(16)18/h4-12,15H,3,13-14H2,1-2H3,(H2,21,23,24). The van der Waals surface area contributed by atoms with Crippen molar-refractivity contribution in [1.29, 1.82) is 0 Å². The van der Waals surface area contributed by atoms with Gasteiger partial charge in [0.15, 0.2) is 5.96 Å². The number of thiophene rings is 1. The molecule has 0 saturated carbocycles. The lowest BCUT2D eigenvalue weighted by Crippen LogP contribution is -2.39. The fraction of sp³-hybridized carbons (Fsp3) is 0.300. The summed E-state index contributed by atoms with van der Waals surface area (Å²) in [5.41, 5.74) is 2.20. The number of hydrogen-bond acceptors (Lipinski definition) is 3. The monoisotopic (exact) mass is 352 g/mol. The Balaban J connectivity index is 1.69. The van der Waals surface area contributed by atoms with Gasteiger partial charge in [0, 0.05) is 35.5 Å². The van der Waals surface area contributed by atoms with Gasteiger partial charge in [-0.15, -0.1) is 11.3 Å². The highest BCUT2D eigenvalue weighted by Gasteiger charge is 2.08. The van der Waals surface area contributed by atoms with Crippen molar-refractivity contribution in [3.05, 3.63) is 64.5 Å². The second-order valence-electron chi connectivity index (χ2n) is 5.98. The quantitative estimate of drug-likeness (QED) is 0.517. The van der Waals surface area contributed by atoms with E-state index < -0.39 is 0 Å². The van der Waals surface area contributed by atoms with Gasteiger partial charge in [-0.2, -0.15) is 0 Å². The van der Waals surface area contributed by atoms with Gasteiger partial charge in [0.1, 0.15) is 0 Å². The van der Waals surface area contributed by atoms with Crippen LogP contribution in [-0.2, 0) is 6.54 Å². The number of benzene rings is 1. The molecule has 0 bridgehead atoms. The Bertz CT molecular complexity index is 821. The first-order valence-corrected chi connectivity index (χ1v) is 9.54. The number of nitrogens with one attached hydrogen (secondary N) is 2. The summed E-state index contributed by atoms with van der Waals surface area (Å²) in [6.45, 7) is 6.66. The number of para-hydroxylation sites is 1. The maximum atomic E-state index is 4.76. The van der Waals surface area contributed by atoms with Crippen molar-refractivity contribution in [3.63, 3.8) is 0 Å². The molecule has 0 radical (unpaired) electrons. The number of hydrogen-bond donors (Lipinski definition) is 2. The van der Waals surface area contributed by atoms with E-state index >= 15 is 0 Å². The molecule has 4 nitrogen and oxygen atoms in total. The number of guanidine groups is 1. The van der Waals surface area contributed by atoms with Gasteiger partial charge in [0.05, 0.1) is 12.1 Å². The second-order valence-corrected chi connectivity index (χ2v) is 6.96. The Morgan fingerprint density at radius 2 is 2.04 bits per heavy atom. The molecule has 0 spiro atoms. The van der Waals surface area contributed by atoms with E-state index in [2.05, 4.69) is 53.0 Å². The lowest BCUT2D eigenvalue weighted by atomic mass is 10.1. The van der Waals surface area contributed by atoms with E-state index in [0.29, 0.717) is 12.5 Å². The predicted octanol–water partition coefficient (Wildman–Crippen LogP) is 4.16. The van der Waals surface area contributed by atoms with Gasteiger partial charge in [0.25, 0.3) is 0 Å². The zero-order chi connectivity index (χ0) is 17.5. The molecular weight excluding hydrogens is 328 g/mol. The molecule has 1 unspecified atom stereocenters. The first-order chi connectivity index (χ1) is 12.3. The number of rotatable bonds is 6. The number of fused-ring (bicyclic) bond motifs is 1. The van der Waals surface area contributed by atoms with E-state index in [1.807, 2.05) is 30.5 Å². The van der Waals surface area contributed by atoms with Gasteiger partial charge in [-0.05, 0) is 36.1 Å². The zero-order valence-corrected chi connectivity index (χ0v) is 15.5. The highest BCUT2D eigenvalue weighted by molar-refractivity contribution is 7.10. The number of aromatic nitrogens is 1. The number of pyridine rings is 1. The van der Waals surface area contributed by atoms with Gasteiger partial charge in [-0.3, -0.25) is 4.98 Å². The minimum absolute atomic E-state index is 0.464. The Kier molecular flexibility index (Phi) is 6.01. The minimum atomic E-state index is 0.464. The van der Waals surface area contributed by atoms with Crippen molar-refractivity contribution in [1.82, 2.24) is 15.6 Å². The van der Waals surface area contributed by atoms with E-state index in [-0.39, 0.29) is 0 Å². The van der Waals surface area contributed by atoms with Crippen LogP contribution in [0.15, 0.2) is 59.0 Å². The van der Waals surface area contributed by atoms with Crippen LogP contribution in [0.1, 0.15) is 30.2 Å². The lowest BCUT2D eigenvalue weighted by Gasteiger charge is -2.15. The molecule has 2 N–H and O–H groups in total. The molecule has 0 aliphatic carbocycles. The predicted molar refractivity (Wildman–Crippen MR) is 107 cm³/mol. The minimum Gasteiger partial charge on any atom is -0.357 e. The maximum Gasteiger partial charge on any atom is 0.191 e. The van der Waals surface area contributed by atoms with Crippen LogP contribution >= 0.6 is 11.3 Å². The molecule has 2 heterocycles. The molecule has 0 amide bonds. The third-order valence-corrected chi connectivity index (χ3v) is 5.20. The van der Waals surface area contributed by atoms with E-state index in [9.17, 15) is 0 Å². The molecule has 3 rings (SSSR count). The third-order valence-electron chi connectivity index (χ3n) is 4.10. The van der Waals surface area contributed by atoms with Crippen LogP contribution in [0, 0.1) is 0 Å². The van der Waals surface area contributed by atoms with Crippen molar-refractivity contribution >= 4 is 28.2 Å². The van der Waals surface area contributed by atoms with Crippen LogP contribution in [0.2, 0.25) is 0 Å². The van der Waals surface area contributed by atoms with Gasteiger partial charge >= 0.3 is 0 Å². The molecule has 130 valence electrons. The molecule has 3 aromatic rings. The molecule has 0 aliphatic heterocycles. The van der Waals surface area contributed by atoms with Crippen molar-refractivity contribution < 1.29 is 0 Å². The maximum absolute atomic E-state index is 4.76. The zero-order valence-electron chi connectivity index (χ0n) is 14.7. The summed E-state index contributed by atoms with van der Waals surface area (Å²) in [6, 6.07) is 14.5. The number of aliphatic imine (C=N–C) groups is 1. The first-order valence-electron chi connectivity index (χ1n) is 8.66. The topological polar surface area (TPSA) is 49.3 Å². The Hall–Kier alpha value is -2.40. The third kappa shape index (κ3) is 4.57. The smallest absolute Gasteiger partial charge is 0.191 e. The average molecular weight is 353 g/mol. The highest BCUT2D eigenvalue weighted by atomic mass is 32.1. The Morgan fingerprint density at radius 1 is 1.16 bits per heavy atom. The summed E-state index contributed by atoms with van der Waals surface area (Å²) >= 11 is 1.80. The van der Waals surface area contributed by atoms with Gasteiger partial charge in [-0.25, -0.2) is 4.99 Å². The molecule has 5 heteroatoms. The second kappa shape index (κ2) is 8.62. The van der Waals surface area contributed by atoms with Crippen LogP contribution in [0.25, 0.3) is 10.9 Å². The highest BCUT2D eigenvalue weighted by Crippen LogP contribution is 2.20. The first kappa shape index (κ1) is 17.4. The van der Waals surface area contributed by atoms with Crippen LogP contribution in [-0.4, -0.2) is 24.0 Å². The number of nitrogens with zero attached hydrogens (tertiary/aromatic N) is 2. The summed E-state index contributed by atoms with van der Waals surface area (Å²) in [5.74, 6) is 1.32. The molecular formula is C20H24N4S. The van der Waals surface area contributed by atoms with E-state index in [0.717, 1.165) is 30.0 Å². The molecule has 2 aromatic heterocycles. The molecule has 25 heavy (non-hydrogen) atoms. The van der Waals surface area contributed by atoms with Crippen molar-refractivity contribution in [3.8, 4) is 0 Å². The van der Waals surface area contributed by atoms with E-state index in [4.69, 9.17) is 4.99 Å². The van der Waals surface area contributed by atoms with Crippen LogP contribution in [0.4, 0.5) is 0 Å².